The summed E-state index contributed by atoms with van der Waals surface area (Å²) in [4.78, 5) is 12.5. The van der Waals surface area contributed by atoms with Crippen molar-refractivity contribution in [2.24, 2.45) is 0 Å². The first-order chi connectivity index (χ1) is 15.0. The second kappa shape index (κ2) is 8.87. The Hall–Kier alpha value is -3.87. The Morgan fingerprint density at radius 2 is 1.74 bits per heavy atom. The number of nitrogens with zero attached hydrogens (tertiary/aromatic N) is 4. The molecule has 7 heteroatoms. The third kappa shape index (κ3) is 5.19. The number of carbonyl (C=O) groups is 1. The molecule has 0 atom stereocenters. The Morgan fingerprint density at radius 1 is 0.935 bits per heavy atom. The quantitative estimate of drug-likeness (QED) is 0.487. The lowest BCUT2D eigenvalue weighted by molar-refractivity contribution is 0.101. The lowest BCUT2D eigenvalue weighted by Gasteiger charge is -2.09. The zero-order chi connectivity index (χ0) is 21.8. The van der Waals surface area contributed by atoms with Crippen molar-refractivity contribution in [3.8, 4) is 5.75 Å². The van der Waals surface area contributed by atoms with Gasteiger partial charge in [-0.15, -0.1) is 0 Å². The highest BCUT2D eigenvalue weighted by molar-refractivity contribution is 6.02. The van der Waals surface area contributed by atoms with Gasteiger partial charge in [0.25, 0.3) is 5.91 Å². The van der Waals surface area contributed by atoms with Crippen LogP contribution in [0.4, 0.5) is 5.82 Å². The molecule has 0 spiro atoms. The van der Waals surface area contributed by atoms with Crippen LogP contribution in [0.1, 0.15) is 32.7 Å². The molecule has 31 heavy (non-hydrogen) atoms. The number of amides is 1. The number of aromatic nitrogens is 4. The van der Waals surface area contributed by atoms with Gasteiger partial charge in [0.1, 0.15) is 5.75 Å². The van der Waals surface area contributed by atoms with Gasteiger partial charge >= 0.3 is 0 Å². The minimum Gasteiger partial charge on any atom is -0.471 e. The van der Waals surface area contributed by atoms with Gasteiger partial charge in [-0.05, 0) is 49.6 Å². The molecule has 4 aromatic rings. The van der Waals surface area contributed by atoms with Crippen LogP contribution in [0.25, 0.3) is 0 Å². The van der Waals surface area contributed by atoms with E-state index in [4.69, 9.17) is 4.74 Å². The molecule has 0 fully saturated rings. The molecule has 0 radical (unpaired) electrons. The van der Waals surface area contributed by atoms with Gasteiger partial charge in [-0.1, -0.05) is 42.0 Å². The summed E-state index contributed by atoms with van der Waals surface area (Å²) in [5.41, 5.74) is 4.84. The van der Waals surface area contributed by atoms with Crippen LogP contribution >= 0.6 is 0 Å². The fourth-order valence-electron chi connectivity index (χ4n) is 3.25. The first kappa shape index (κ1) is 20.4. The minimum atomic E-state index is -0.314. The molecule has 0 unspecified atom stereocenters. The number of benzene rings is 2. The summed E-state index contributed by atoms with van der Waals surface area (Å²) < 4.78 is 9.22. The maximum absolute atomic E-state index is 12.5. The summed E-state index contributed by atoms with van der Waals surface area (Å²) in [6, 6.07) is 17.7. The number of aryl methyl sites for hydroxylation is 3. The third-order valence-electron chi connectivity index (χ3n) is 4.88. The molecule has 4 rings (SSSR count). The molecule has 0 saturated carbocycles. The lowest BCUT2D eigenvalue weighted by atomic mass is 10.1. The maximum Gasteiger partial charge on any atom is 0.277 e. The Labute approximate surface area is 181 Å². The first-order valence-corrected chi connectivity index (χ1v) is 10.1. The molecule has 1 N–H and O–H groups in total. The summed E-state index contributed by atoms with van der Waals surface area (Å²) in [6.45, 7) is 6.94. The van der Waals surface area contributed by atoms with E-state index in [2.05, 4.69) is 40.6 Å². The molecule has 2 aromatic heterocycles. The molecule has 158 valence electrons. The van der Waals surface area contributed by atoms with E-state index in [1.807, 2.05) is 44.3 Å². The number of hydrogen-bond acceptors (Lipinski definition) is 4. The van der Waals surface area contributed by atoms with Crippen LogP contribution in [0.5, 0.6) is 5.75 Å². The molecular formula is C24H25N5O2. The van der Waals surface area contributed by atoms with E-state index < -0.39 is 0 Å². The van der Waals surface area contributed by atoms with E-state index >= 15 is 0 Å². The molecular weight excluding hydrogens is 390 g/mol. The maximum atomic E-state index is 12.5. The van der Waals surface area contributed by atoms with Gasteiger partial charge in [-0.3, -0.25) is 9.48 Å². The lowest BCUT2D eigenvalue weighted by Crippen LogP contribution is -2.15. The third-order valence-corrected chi connectivity index (χ3v) is 4.88. The van der Waals surface area contributed by atoms with E-state index in [0.29, 0.717) is 18.1 Å². The average molecular weight is 415 g/mol. The number of rotatable bonds is 7. The van der Waals surface area contributed by atoms with Crippen LogP contribution in [-0.2, 0) is 13.3 Å². The number of hydrogen-bond donors (Lipinski definition) is 1. The highest BCUT2D eigenvalue weighted by atomic mass is 16.5. The molecule has 1 amide bonds. The Balaban J connectivity index is 1.35. The van der Waals surface area contributed by atoms with Crippen LogP contribution in [0, 0.1) is 20.8 Å². The highest BCUT2D eigenvalue weighted by Gasteiger charge is 2.12. The second-order valence-electron chi connectivity index (χ2n) is 7.62. The number of carbonyl (C=O) groups excluding carboxylic acids is 1. The minimum absolute atomic E-state index is 0.225. The molecule has 2 heterocycles. The zero-order valence-electron chi connectivity index (χ0n) is 17.9. The molecule has 2 aromatic carbocycles. The zero-order valence-corrected chi connectivity index (χ0v) is 17.9. The Bertz CT molecular complexity index is 1210. The number of nitrogens with one attached hydrogen (secondary N) is 1. The van der Waals surface area contributed by atoms with Gasteiger partial charge in [0.15, 0.2) is 18.2 Å². The summed E-state index contributed by atoms with van der Waals surface area (Å²) in [5, 5.41) is 11.5. The van der Waals surface area contributed by atoms with E-state index in [0.717, 1.165) is 22.4 Å². The van der Waals surface area contributed by atoms with Gasteiger partial charge in [-0.2, -0.15) is 10.2 Å². The van der Waals surface area contributed by atoms with Crippen LogP contribution in [-0.4, -0.2) is 25.5 Å². The van der Waals surface area contributed by atoms with Crippen molar-refractivity contribution in [2.45, 2.75) is 34.0 Å². The van der Waals surface area contributed by atoms with Crippen molar-refractivity contribution in [3.05, 3.63) is 94.9 Å². The van der Waals surface area contributed by atoms with Gasteiger partial charge in [0.05, 0.1) is 6.54 Å². The predicted molar refractivity (Wildman–Crippen MR) is 119 cm³/mol. The summed E-state index contributed by atoms with van der Waals surface area (Å²) in [7, 11) is 0. The molecule has 0 aliphatic carbocycles. The molecule has 0 saturated heterocycles. The van der Waals surface area contributed by atoms with Crippen molar-refractivity contribution < 1.29 is 9.53 Å². The summed E-state index contributed by atoms with van der Waals surface area (Å²) in [5.74, 6) is 0.978. The summed E-state index contributed by atoms with van der Waals surface area (Å²) >= 11 is 0. The average Bonchev–Trinajstić information content (AvgIpc) is 3.38. The largest absolute Gasteiger partial charge is 0.471 e. The topological polar surface area (TPSA) is 74.0 Å². The molecule has 0 bridgehead atoms. The van der Waals surface area contributed by atoms with Gasteiger partial charge in [0.2, 0.25) is 0 Å². The van der Waals surface area contributed by atoms with Gasteiger partial charge in [0, 0.05) is 18.5 Å². The fraction of sp³-hybridized carbons (Fsp3) is 0.208. The first-order valence-electron chi connectivity index (χ1n) is 10.1. The Morgan fingerprint density at radius 3 is 2.58 bits per heavy atom. The standard InChI is InChI=1S/C24H25N5O2/c1-17-5-4-6-20(13-17)15-28-12-10-23(27-28)25-24(30)21-9-11-29(26-21)16-31-22-14-18(2)7-8-19(22)3/h4-14H,15-16H2,1-3H3,(H,25,27,30). The van der Waals surface area contributed by atoms with Crippen molar-refractivity contribution >= 4 is 11.7 Å². The van der Waals surface area contributed by atoms with E-state index in [-0.39, 0.29) is 12.6 Å². The van der Waals surface area contributed by atoms with E-state index in [1.165, 1.54) is 5.56 Å². The smallest absolute Gasteiger partial charge is 0.277 e. The summed E-state index contributed by atoms with van der Waals surface area (Å²) in [6.07, 6.45) is 3.56. The van der Waals surface area contributed by atoms with Crippen LogP contribution in [0.2, 0.25) is 0 Å². The van der Waals surface area contributed by atoms with Crippen LogP contribution in [0.15, 0.2) is 67.0 Å². The monoisotopic (exact) mass is 415 g/mol. The Kier molecular flexibility index (Phi) is 5.84. The molecule has 7 nitrogen and oxygen atoms in total. The SMILES string of the molecule is Cc1cccc(Cn2ccc(NC(=O)c3ccn(COc4cc(C)ccc4C)n3)n2)c1. The fourth-order valence-corrected chi connectivity index (χ4v) is 3.25. The normalized spacial score (nSPS) is 10.8. The van der Waals surface area contributed by atoms with Crippen molar-refractivity contribution in [3.63, 3.8) is 0 Å². The van der Waals surface area contributed by atoms with Gasteiger partial charge < -0.3 is 10.1 Å². The van der Waals surface area contributed by atoms with Crippen LogP contribution in [0.3, 0.4) is 0 Å². The van der Waals surface area contributed by atoms with Crippen LogP contribution < -0.4 is 10.1 Å². The van der Waals surface area contributed by atoms with Crippen molar-refractivity contribution in [1.29, 1.82) is 0 Å². The molecule has 0 aliphatic rings. The van der Waals surface area contributed by atoms with E-state index in [9.17, 15) is 4.79 Å². The molecule has 0 aliphatic heterocycles. The van der Waals surface area contributed by atoms with Gasteiger partial charge in [-0.25, -0.2) is 4.68 Å². The highest BCUT2D eigenvalue weighted by Crippen LogP contribution is 2.19. The number of anilines is 1. The van der Waals surface area contributed by atoms with Crippen molar-refractivity contribution in [1.82, 2.24) is 19.6 Å². The van der Waals surface area contributed by atoms with Crippen molar-refractivity contribution in [2.75, 3.05) is 5.32 Å². The number of ether oxygens (including phenoxy) is 1. The second-order valence-corrected chi connectivity index (χ2v) is 7.62. The van der Waals surface area contributed by atoms with E-state index in [1.54, 1.807) is 27.7 Å². The predicted octanol–water partition coefficient (Wildman–Crippen LogP) is 4.34.